The summed E-state index contributed by atoms with van der Waals surface area (Å²) in [6.07, 6.45) is 0. The fourth-order valence-corrected chi connectivity index (χ4v) is 2.52. The van der Waals surface area contributed by atoms with Crippen LogP contribution in [0.3, 0.4) is 0 Å². The first-order valence-electron chi connectivity index (χ1n) is 8.44. The van der Waals surface area contributed by atoms with E-state index in [1.54, 1.807) is 7.05 Å². The number of benzene rings is 2. The zero-order valence-electron chi connectivity index (χ0n) is 15.0. The summed E-state index contributed by atoms with van der Waals surface area (Å²) in [5.74, 6) is 1.08. The molecule has 0 saturated carbocycles. The fraction of sp³-hybridized carbons (Fsp3) is 0.300. The summed E-state index contributed by atoms with van der Waals surface area (Å²) >= 11 is 0. The van der Waals surface area contributed by atoms with Crippen molar-refractivity contribution in [2.24, 2.45) is 4.99 Å². The van der Waals surface area contributed by atoms with Gasteiger partial charge < -0.3 is 16.0 Å². The van der Waals surface area contributed by atoms with Crippen LogP contribution >= 0.6 is 0 Å². The molecule has 1 unspecified atom stereocenters. The molecule has 0 aliphatic carbocycles. The molecule has 5 nitrogen and oxygen atoms in total. The maximum Gasteiger partial charge on any atom is 0.221 e. The number of nitrogens with zero attached hydrogens (tertiary/aromatic N) is 1. The van der Waals surface area contributed by atoms with Gasteiger partial charge in [0.25, 0.3) is 0 Å². The molecule has 1 amide bonds. The molecule has 2 rings (SSSR count). The first-order valence-corrected chi connectivity index (χ1v) is 8.44. The van der Waals surface area contributed by atoms with E-state index in [4.69, 9.17) is 0 Å². The number of hydrogen-bond acceptors (Lipinski definition) is 2. The number of aliphatic imine (C=N–C) groups is 1. The van der Waals surface area contributed by atoms with E-state index in [-0.39, 0.29) is 5.91 Å². The highest BCUT2D eigenvalue weighted by Gasteiger charge is 2.06. The van der Waals surface area contributed by atoms with E-state index < -0.39 is 0 Å². The van der Waals surface area contributed by atoms with Gasteiger partial charge in [-0.05, 0) is 29.2 Å². The van der Waals surface area contributed by atoms with Gasteiger partial charge in [-0.3, -0.25) is 9.79 Å². The second-order valence-corrected chi connectivity index (χ2v) is 6.00. The Balaban J connectivity index is 1.85. The van der Waals surface area contributed by atoms with E-state index in [9.17, 15) is 4.79 Å². The molecule has 2 aromatic carbocycles. The number of amides is 1. The number of hydrogen-bond donors (Lipinski definition) is 3. The number of rotatable bonds is 6. The van der Waals surface area contributed by atoms with E-state index in [2.05, 4.69) is 52.1 Å². The highest BCUT2D eigenvalue weighted by molar-refractivity contribution is 5.88. The maximum absolute atomic E-state index is 11.1. The Morgan fingerprint density at radius 1 is 1.08 bits per heavy atom. The van der Waals surface area contributed by atoms with Crippen molar-refractivity contribution in [3.8, 4) is 0 Å². The van der Waals surface area contributed by atoms with Gasteiger partial charge in [0.2, 0.25) is 5.91 Å². The third-order valence-electron chi connectivity index (χ3n) is 3.88. The number of carbonyl (C=O) groups excluding carboxylic acids is 1. The molecular formula is C20H26N4O. The largest absolute Gasteiger partial charge is 0.356 e. The molecule has 0 radical (unpaired) electrons. The highest BCUT2D eigenvalue weighted by atomic mass is 16.1. The summed E-state index contributed by atoms with van der Waals surface area (Å²) in [5, 5.41) is 9.45. The lowest BCUT2D eigenvalue weighted by Gasteiger charge is -2.16. The van der Waals surface area contributed by atoms with Crippen molar-refractivity contribution in [3.05, 3.63) is 65.7 Å². The molecule has 0 spiro atoms. The van der Waals surface area contributed by atoms with Gasteiger partial charge in [0.1, 0.15) is 0 Å². The minimum atomic E-state index is -0.0718. The Labute approximate surface area is 149 Å². The van der Waals surface area contributed by atoms with Crippen LogP contribution in [-0.4, -0.2) is 25.5 Å². The van der Waals surface area contributed by atoms with E-state index >= 15 is 0 Å². The third kappa shape index (κ3) is 6.30. The normalized spacial score (nSPS) is 12.4. The molecule has 0 aromatic heterocycles. The highest BCUT2D eigenvalue weighted by Crippen LogP contribution is 2.13. The fourth-order valence-electron chi connectivity index (χ4n) is 2.52. The Morgan fingerprint density at radius 3 is 2.52 bits per heavy atom. The first-order chi connectivity index (χ1) is 12.1. The van der Waals surface area contributed by atoms with Crippen LogP contribution in [0.1, 0.15) is 30.9 Å². The predicted octanol–water partition coefficient (Wildman–Crippen LogP) is 3.11. The van der Waals surface area contributed by atoms with Gasteiger partial charge in [0.05, 0.1) is 0 Å². The zero-order valence-corrected chi connectivity index (χ0v) is 15.0. The minimum absolute atomic E-state index is 0.0718. The van der Waals surface area contributed by atoms with Crippen molar-refractivity contribution in [1.82, 2.24) is 10.6 Å². The number of carbonyl (C=O) groups is 1. The molecule has 25 heavy (non-hydrogen) atoms. The lowest BCUT2D eigenvalue weighted by atomic mass is 10.0. The molecule has 0 saturated heterocycles. The Hall–Kier alpha value is -2.82. The smallest absolute Gasteiger partial charge is 0.221 e. The minimum Gasteiger partial charge on any atom is -0.356 e. The summed E-state index contributed by atoms with van der Waals surface area (Å²) in [4.78, 5) is 15.4. The van der Waals surface area contributed by atoms with Gasteiger partial charge in [0.15, 0.2) is 5.96 Å². The summed E-state index contributed by atoms with van der Waals surface area (Å²) in [6.45, 7) is 5.12. The van der Waals surface area contributed by atoms with Crippen LogP contribution in [0, 0.1) is 0 Å². The Morgan fingerprint density at radius 2 is 1.84 bits per heavy atom. The van der Waals surface area contributed by atoms with E-state index in [1.165, 1.54) is 12.5 Å². The maximum atomic E-state index is 11.1. The van der Waals surface area contributed by atoms with Crippen molar-refractivity contribution in [1.29, 1.82) is 0 Å². The molecule has 2 aromatic rings. The quantitative estimate of drug-likeness (QED) is 0.560. The number of anilines is 1. The van der Waals surface area contributed by atoms with Crippen molar-refractivity contribution in [2.75, 3.05) is 18.9 Å². The van der Waals surface area contributed by atoms with Crippen LogP contribution in [0.2, 0.25) is 0 Å². The van der Waals surface area contributed by atoms with Crippen molar-refractivity contribution in [3.63, 3.8) is 0 Å². The average Bonchev–Trinajstić information content (AvgIpc) is 2.62. The van der Waals surface area contributed by atoms with Crippen molar-refractivity contribution in [2.45, 2.75) is 26.3 Å². The molecule has 0 aliphatic heterocycles. The van der Waals surface area contributed by atoms with Crippen LogP contribution in [0.15, 0.2) is 59.6 Å². The molecule has 0 aliphatic rings. The van der Waals surface area contributed by atoms with Gasteiger partial charge >= 0.3 is 0 Å². The summed E-state index contributed by atoms with van der Waals surface area (Å²) < 4.78 is 0. The van der Waals surface area contributed by atoms with E-state index in [0.717, 1.165) is 23.8 Å². The second kappa shape index (κ2) is 9.47. The molecule has 0 bridgehead atoms. The van der Waals surface area contributed by atoms with Crippen molar-refractivity contribution >= 4 is 17.6 Å². The number of guanidine groups is 1. The van der Waals surface area contributed by atoms with E-state index in [0.29, 0.717) is 12.5 Å². The molecule has 0 heterocycles. The SMILES string of the molecule is CN=C(NCc1cccc(NC(C)=O)c1)NCC(C)c1ccccc1. The average molecular weight is 338 g/mol. The third-order valence-corrected chi connectivity index (χ3v) is 3.88. The number of nitrogens with one attached hydrogen (secondary N) is 3. The van der Waals surface area contributed by atoms with Crippen LogP contribution in [0.5, 0.6) is 0 Å². The predicted molar refractivity (Wildman–Crippen MR) is 104 cm³/mol. The van der Waals surface area contributed by atoms with Crippen LogP contribution < -0.4 is 16.0 Å². The van der Waals surface area contributed by atoms with Gasteiger partial charge in [0, 0.05) is 32.7 Å². The topological polar surface area (TPSA) is 65.5 Å². The monoisotopic (exact) mass is 338 g/mol. The second-order valence-electron chi connectivity index (χ2n) is 6.00. The molecule has 3 N–H and O–H groups in total. The van der Waals surface area contributed by atoms with Gasteiger partial charge in [-0.1, -0.05) is 49.4 Å². The standard InChI is InChI=1S/C20H26N4O/c1-15(18-9-5-4-6-10-18)13-22-20(21-3)23-14-17-8-7-11-19(12-17)24-16(2)25/h4-12,15H,13-14H2,1-3H3,(H,24,25)(H2,21,22,23). The van der Waals surface area contributed by atoms with Gasteiger partial charge in [-0.2, -0.15) is 0 Å². The lowest BCUT2D eigenvalue weighted by molar-refractivity contribution is -0.114. The summed E-state index contributed by atoms with van der Waals surface area (Å²) in [5.41, 5.74) is 3.17. The summed E-state index contributed by atoms with van der Waals surface area (Å²) in [6, 6.07) is 18.2. The summed E-state index contributed by atoms with van der Waals surface area (Å²) in [7, 11) is 1.76. The van der Waals surface area contributed by atoms with Crippen LogP contribution in [0.25, 0.3) is 0 Å². The van der Waals surface area contributed by atoms with Crippen LogP contribution in [-0.2, 0) is 11.3 Å². The molecule has 132 valence electrons. The van der Waals surface area contributed by atoms with Crippen LogP contribution in [0.4, 0.5) is 5.69 Å². The zero-order chi connectivity index (χ0) is 18.1. The molecular weight excluding hydrogens is 312 g/mol. The lowest BCUT2D eigenvalue weighted by Crippen LogP contribution is -2.38. The van der Waals surface area contributed by atoms with Gasteiger partial charge in [-0.25, -0.2) is 0 Å². The van der Waals surface area contributed by atoms with E-state index in [1.807, 2.05) is 30.3 Å². The Kier molecular flexibility index (Phi) is 7.01. The van der Waals surface area contributed by atoms with Gasteiger partial charge in [-0.15, -0.1) is 0 Å². The van der Waals surface area contributed by atoms with Crippen molar-refractivity contribution < 1.29 is 4.79 Å². The molecule has 1 atom stereocenters. The Bertz CT molecular complexity index is 713. The molecule has 0 fully saturated rings. The molecule has 5 heteroatoms. The first kappa shape index (κ1) is 18.5.